The largest absolute Gasteiger partial charge is 0.416 e. The zero-order valence-corrected chi connectivity index (χ0v) is 20.3. The van der Waals surface area contributed by atoms with Crippen LogP contribution >= 0.6 is 0 Å². The quantitative estimate of drug-likeness (QED) is 0.294. The minimum Gasteiger partial charge on any atom is -0.386 e. The molecule has 2 N–H and O–H groups in total. The standard InChI is InChI=1S/C29H26F4N2O2/c1-35(2)26-16-15-24(22-5-3-4-6-23(22)26)28(37)34-25(27(36)19-9-13-21(30)14-10-19)17-18-7-11-20(12-8-18)29(31,32)33/h3-16,25,27,36H,17H2,1-2H3,(H,34,37). The number of aliphatic hydroxyl groups is 1. The maximum atomic E-state index is 13.5. The molecule has 4 nitrogen and oxygen atoms in total. The number of halogens is 4. The van der Waals surface area contributed by atoms with Gasteiger partial charge in [-0.2, -0.15) is 13.2 Å². The van der Waals surface area contributed by atoms with Gasteiger partial charge >= 0.3 is 6.18 Å². The van der Waals surface area contributed by atoms with Crippen molar-refractivity contribution in [3.63, 3.8) is 0 Å². The van der Waals surface area contributed by atoms with Crippen molar-refractivity contribution in [3.05, 3.63) is 113 Å². The summed E-state index contributed by atoms with van der Waals surface area (Å²) in [4.78, 5) is 15.4. The zero-order chi connectivity index (χ0) is 26.7. The number of nitrogens with one attached hydrogen (secondary N) is 1. The number of hydrogen-bond donors (Lipinski definition) is 2. The molecule has 8 heteroatoms. The number of fused-ring (bicyclic) bond motifs is 1. The van der Waals surface area contributed by atoms with E-state index in [1.165, 1.54) is 36.4 Å². The topological polar surface area (TPSA) is 52.6 Å². The molecule has 0 aromatic heterocycles. The first-order chi connectivity index (χ1) is 17.5. The zero-order valence-electron chi connectivity index (χ0n) is 20.3. The lowest BCUT2D eigenvalue weighted by molar-refractivity contribution is -0.137. The summed E-state index contributed by atoms with van der Waals surface area (Å²) in [5.41, 5.74) is 1.40. The number of rotatable bonds is 7. The van der Waals surface area contributed by atoms with E-state index in [1.807, 2.05) is 49.3 Å². The third kappa shape index (κ3) is 5.91. The third-order valence-electron chi connectivity index (χ3n) is 6.27. The highest BCUT2D eigenvalue weighted by Crippen LogP contribution is 2.31. The molecule has 1 amide bonds. The van der Waals surface area contributed by atoms with E-state index < -0.39 is 35.6 Å². The van der Waals surface area contributed by atoms with Crippen LogP contribution in [0.1, 0.15) is 33.2 Å². The van der Waals surface area contributed by atoms with Gasteiger partial charge in [-0.25, -0.2) is 4.39 Å². The van der Waals surface area contributed by atoms with Gasteiger partial charge in [0.2, 0.25) is 0 Å². The predicted octanol–water partition coefficient (Wildman–Crippen LogP) is 6.14. The summed E-state index contributed by atoms with van der Waals surface area (Å²) in [5.74, 6) is -0.925. The van der Waals surface area contributed by atoms with E-state index in [-0.39, 0.29) is 6.42 Å². The molecular weight excluding hydrogens is 484 g/mol. The van der Waals surface area contributed by atoms with Crippen molar-refractivity contribution in [2.45, 2.75) is 24.7 Å². The van der Waals surface area contributed by atoms with Gasteiger partial charge in [0.05, 0.1) is 17.7 Å². The number of aliphatic hydroxyl groups excluding tert-OH is 1. The highest BCUT2D eigenvalue weighted by Gasteiger charge is 2.30. The van der Waals surface area contributed by atoms with Gasteiger partial charge in [0.1, 0.15) is 5.82 Å². The molecule has 4 aromatic carbocycles. The summed E-state index contributed by atoms with van der Waals surface area (Å²) in [5, 5.41) is 15.6. The summed E-state index contributed by atoms with van der Waals surface area (Å²) >= 11 is 0. The van der Waals surface area contributed by atoms with Crippen molar-refractivity contribution in [2.75, 3.05) is 19.0 Å². The Morgan fingerprint density at radius 1 is 0.892 bits per heavy atom. The van der Waals surface area contributed by atoms with Gasteiger partial charge in [0.25, 0.3) is 5.91 Å². The number of amides is 1. The Bertz CT molecular complexity index is 1380. The number of carbonyl (C=O) groups excluding carboxylic acids is 1. The number of benzene rings is 4. The highest BCUT2D eigenvalue weighted by atomic mass is 19.4. The Balaban J connectivity index is 1.67. The Morgan fingerprint density at radius 3 is 2.11 bits per heavy atom. The molecule has 0 heterocycles. The lowest BCUT2D eigenvalue weighted by atomic mass is 9.94. The molecule has 2 unspecified atom stereocenters. The SMILES string of the molecule is CN(C)c1ccc(C(=O)NC(Cc2ccc(C(F)(F)F)cc2)C(O)c2ccc(F)cc2)c2ccccc12. The number of hydrogen-bond acceptors (Lipinski definition) is 3. The Morgan fingerprint density at radius 2 is 1.51 bits per heavy atom. The third-order valence-corrected chi connectivity index (χ3v) is 6.27. The second-order valence-corrected chi connectivity index (χ2v) is 9.05. The first-order valence-corrected chi connectivity index (χ1v) is 11.6. The molecule has 0 fully saturated rings. The molecule has 0 aliphatic carbocycles. The summed E-state index contributed by atoms with van der Waals surface area (Å²) in [6.45, 7) is 0. The predicted molar refractivity (Wildman–Crippen MR) is 136 cm³/mol. The van der Waals surface area contributed by atoms with Crippen LogP contribution in [0.25, 0.3) is 10.8 Å². The molecule has 0 saturated heterocycles. The van der Waals surface area contributed by atoms with Gasteiger partial charge in [-0.1, -0.05) is 48.5 Å². The van der Waals surface area contributed by atoms with E-state index in [4.69, 9.17) is 0 Å². The number of anilines is 1. The summed E-state index contributed by atoms with van der Waals surface area (Å²) in [6.07, 6.45) is -5.66. The molecule has 0 aliphatic rings. The van der Waals surface area contributed by atoms with Crippen LogP contribution in [-0.4, -0.2) is 31.2 Å². The minimum atomic E-state index is -4.47. The van der Waals surface area contributed by atoms with Crippen LogP contribution < -0.4 is 10.2 Å². The van der Waals surface area contributed by atoms with Gasteiger partial charge in [-0.3, -0.25) is 4.79 Å². The van der Waals surface area contributed by atoms with Crippen molar-refractivity contribution < 1.29 is 27.5 Å². The van der Waals surface area contributed by atoms with E-state index in [9.17, 15) is 27.5 Å². The average Bonchev–Trinajstić information content (AvgIpc) is 2.87. The van der Waals surface area contributed by atoms with Crippen LogP contribution in [0.2, 0.25) is 0 Å². The fraction of sp³-hybridized carbons (Fsp3) is 0.207. The molecule has 0 radical (unpaired) electrons. The maximum Gasteiger partial charge on any atom is 0.416 e. The fourth-order valence-corrected chi connectivity index (χ4v) is 4.33. The smallest absolute Gasteiger partial charge is 0.386 e. The highest BCUT2D eigenvalue weighted by molar-refractivity contribution is 6.10. The van der Waals surface area contributed by atoms with Crippen molar-refractivity contribution in [2.24, 2.45) is 0 Å². The number of alkyl halides is 3. The Hall–Kier alpha value is -3.91. The first-order valence-electron chi connectivity index (χ1n) is 11.6. The van der Waals surface area contributed by atoms with E-state index >= 15 is 0 Å². The number of carbonyl (C=O) groups is 1. The van der Waals surface area contributed by atoms with Gasteiger partial charge < -0.3 is 15.3 Å². The van der Waals surface area contributed by atoms with Gasteiger partial charge in [-0.05, 0) is 59.3 Å². The molecule has 2 atom stereocenters. The molecular formula is C29H26F4N2O2. The minimum absolute atomic E-state index is 0.0517. The maximum absolute atomic E-state index is 13.5. The van der Waals surface area contributed by atoms with E-state index in [0.717, 1.165) is 28.6 Å². The lowest BCUT2D eigenvalue weighted by Crippen LogP contribution is -2.41. The Kier molecular flexibility index (Phi) is 7.50. The summed E-state index contributed by atoms with van der Waals surface area (Å²) < 4.78 is 52.5. The molecule has 192 valence electrons. The van der Waals surface area contributed by atoms with E-state index in [0.29, 0.717) is 16.7 Å². The van der Waals surface area contributed by atoms with Gasteiger partial charge in [0, 0.05) is 30.7 Å². The summed E-state index contributed by atoms with van der Waals surface area (Å²) in [6, 6.07) is 19.9. The van der Waals surface area contributed by atoms with Crippen molar-refractivity contribution in [1.29, 1.82) is 0 Å². The van der Waals surface area contributed by atoms with Crippen LogP contribution in [0.15, 0.2) is 84.9 Å². The van der Waals surface area contributed by atoms with E-state index in [1.54, 1.807) is 6.07 Å². The molecule has 4 rings (SSSR count). The molecule has 0 spiro atoms. The van der Waals surface area contributed by atoms with Crippen molar-refractivity contribution in [3.8, 4) is 0 Å². The van der Waals surface area contributed by atoms with Crippen molar-refractivity contribution >= 4 is 22.4 Å². The average molecular weight is 511 g/mol. The Labute approximate surface area is 212 Å². The van der Waals surface area contributed by atoms with Gasteiger partial charge in [0.15, 0.2) is 0 Å². The van der Waals surface area contributed by atoms with Crippen LogP contribution in [-0.2, 0) is 12.6 Å². The lowest BCUT2D eigenvalue weighted by Gasteiger charge is -2.26. The van der Waals surface area contributed by atoms with Crippen LogP contribution in [0.3, 0.4) is 0 Å². The molecule has 0 aliphatic heterocycles. The second kappa shape index (κ2) is 10.6. The molecule has 0 bridgehead atoms. The van der Waals surface area contributed by atoms with Crippen LogP contribution in [0, 0.1) is 5.82 Å². The molecule has 37 heavy (non-hydrogen) atoms. The normalized spacial score (nSPS) is 13.3. The summed E-state index contributed by atoms with van der Waals surface area (Å²) in [7, 11) is 3.81. The first kappa shape index (κ1) is 26.2. The van der Waals surface area contributed by atoms with Gasteiger partial charge in [-0.15, -0.1) is 0 Å². The number of nitrogens with zero attached hydrogens (tertiary/aromatic N) is 1. The van der Waals surface area contributed by atoms with Crippen molar-refractivity contribution in [1.82, 2.24) is 5.32 Å². The van der Waals surface area contributed by atoms with E-state index in [2.05, 4.69) is 5.32 Å². The van der Waals surface area contributed by atoms with Crippen LogP contribution in [0.4, 0.5) is 23.2 Å². The molecule has 0 saturated carbocycles. The monoisotopic (exact) mass is 510 g/mol. The fourth-order valence-electron chi connectivity index (χ4n) is 4.33. The van der Waals surface area contributed by atoms with Crippen LogP contribution in [0.5, 0.6) is 0 Å². The second-order valence-electron chi connectivity index (χ2n) is 9.05. The molecule has 4 aromatic rings.